The molecule has 0 spiro atoms. The predicted octanol–water partition coefficient (Wildman–Crippen LogP) is 4.78. The van der Waals surface area contributed by atoms with E-state index in [0.29, 0.717) is 0 Å². The minimum Gasteiger partial charge on any atom is -0.325 e. The normalized spacial score (nSPS) is 22.5. The van der Waals surface area contributed by atoms with Crippen LogP contribution in [0, 0.1) is 11.8 Å². The zero-order valence-electron chi connectivity index (χ0n) is 12.1. The molecule has 0 atom stereocenters. The van der Waals surface area contributed by atoms with Gasteiger partial charge in [-0.1, -0.05) is 26.2 Å². The van der Waals surface area contributed by atoms with E-state index in [-0.39, 0.29) is 11.8 Å². The van der Waals surface area contributed by atoms with Crippen molar-refractivity contribution in [3.63, 3.8) is 0 Å². The third kappa shape index (κ3) is 4.30. The largest absolute Gasteiger partial charge is 0.325 e. The summed E-state index contributed by atoms with van der Waals surface area (Å²) in [7, 11) is 0. The molecule has 3 nitrogen and oxygen atoms in total. The number of halogens is 1. The van der Waals surface area contributed by atoms with E-state index in [1.54, 1.807) is 12.4 Å². The second-order valence-corrected chi connectivity index (χ2v) is 6.56. The van der Waals surface area contributed by atoms with Crippen LogP contribution in [-0.2, 0) is 4.79 Å². The number of nitrogens with one attached hydrogen (secondary N) is 1. The minimum atomic E-state index is 0.158. The molecule has 1 amide bonds. The Kier molecular flexibility index (Phi) is 6.02. The van der Waals surface area contributed by atoms with Crippen molar-refractivity contribution in [1.82, 2.24) is 4.98 Å². The Bertz CT molecular complexity index is 442. The summed E-state index contributed by atoms with van der Waals surface area (Å²) in [6.45, 7) is 2.24. The van der Waals surface area contributed by atoms with Gasteiger partial charge in [0.05, 0.1) is 10.2 Å². The molecular formula is C16H23BrN2O. The molecule has 0 unspecified atom stereocenters. The second kappa shape index (κ2) is 7.77. The molecule has 1 aromatic rings. The Morgan fingerprint density at radius 1 is 1.40 bits per heavy atom. The molecule has 1 fully saturated rings. The number of hydrogen-bond donors (Lipinski definition) is 1. The van der Waals surface area contributed by atoms with Crippen LogP contribution in [0.2, 0.25) is 0 Å². The van der Waals surface area contributed by atoms with Crippen LogP contribution in [0.1, 0.15) is 51.9 Å². The molecule has 0 aromatic carbocycles. The molecule has 1 aromatic heterocycles. The van der Waals surface area contributed by atoms with Gasteiger partial charge < -0.3 is 5.32 Å². The molecule has 1 aliphatic carbocycles. The van der Waals surface area contributed by atoms with Crippen molar-refractivity contribution in [2.75, 3.05) is 5.32 Å². The summed E-state index contributed by atoms with van der Waals surface area (Å²) in [6.07, 6.45) is 11.8. The molecule has 0 saturated heterocycles. The SMILES string of the molecule is CCCCC1CCC(C(=O)Nc2ccncc2Br)CC1. The lowest BCUT2D eigenvalue weighted by Gasteiger charge is -2.27. The average molecular weight is 339 g/mol. The Hall–Kier alpha value is -0.900. The average Bonchev–Trinajstić information content (AvgIpc) is 2.48. The van der Waals surface area contributed by atoms with Gasteiger partial charge in [0, 0.05) is 18.3 Å². The van der Waals surface area contributed by atoms with Gasteiger partial charge in [-0.3, -0.25) is 9.78 Å². The first-order valence-corrected chi connectivity index (χ1v) is 8.40. The fourth-order valence-corrected chi connectivity index (χ4v) is 3.27. The number of anilines is 1. The molecule has 0 radical (unpaired) electrons. The highest BCUT2D eigenvalue weighted by atomic mass is 79.9. The summed E-state index contributed by atoms with van der Waals surface area (Å²) >= 11 is 3.41. The van der Waals surface area contributed by atoms with Gasteiger partial charge in [0.25, 0.3) is 0 Å². The van der Waals surface area contributed by atoms with Gasteiger partial charge in [0.2, 0.25) is 5.91 Å². The highest BCUT2D eigenvalue weighted by Crippen LogP contribution is 2.33. The van der Waals surface area contributed by atoms with Crippen LogP contribution in [0.4, 0.5) is 5.69 Å². The van der Waals surface area contributed by atoms with Crippen molar-refractivity contribution < 1.29 is 4.79 Å². The van der Waals surface area contributed by atoms with Crippen LogP contribution in [0.3, 0.4) is 0 Å². The number of hydrogen-bond acceptors (Lipinski definition) is 2. The number of amides is 1. The van der Waals surface area contributed by atoms with E-state index >= 15 is 0 Å². The van der Waals surface area contributed by atoms with Crippen molar-refractivity contribution in [2.45, 2.75) is 51.9 Å². The summed E-state index contributed by atoms with van der Waals surface area (Å²) < 4.78 is 0.838. The maximum atomic E-state index is 12.3. The van der Waals surface area contributed by atoms with E-state index in [1.165, 1.54) is 32.1 Å². The van der Waals surface area contributed by atoms with Crippen LogP contribution < -0.4 is 5.32 Å². The Balaban J connectivity index is 1.82. The molecule has 20 heavy (non-hydrogen) atoms. The zero-order valence-corrected chi connectivity index (χ0v) is 13.7. The van der Waals surface area contributed by atoms with Crippen molar-refractivity contribution in [3.8, 4) is 0 Å². The zero-order chi connectivity index (χ0) is 14.4. The highest BCUT2D eigenvalue weighted by molar-refractivity contribution is 9.10. The summed E-state index contributed by atoms with van der Waals surface area (Å²) in [5.41, 5.74) is 0.818. The van der Waals surface area contributed by atoms with Gasteiger partial charge in [-0.05, 0) is 53.6 Å². The minimum absolute atomic E-state index is 0.158. The molecule has 4 heteroatoms. The number of unbranched alkanes of at least 4 members (excludes halogenated alkanes) is 1. The Morgan fingerprint density at radius 3 is 2.80 bits per heavy atom. The fraction of sp³-hybridized carbons (Fsp3) is 0.625. The number of nitrogens with zero attached hydrogens (tertiary/aromatic N) is 1. The Labute approximate surface area is 129 Å². The number of pyridine rings is 1. The van der Waals surface area contributed by atoms with Crippen LogP contribution in [-0.4, -0.2) is 10.9 Å². The number of carbonyl (C=O) groups is 1. The van der Waals surface area contributed by atoms with Crippen LogP contribution in [0.25, 0.3) is 0 Å². The first kappa shape index (κ1) is 15.5. The van der Waals surface area contributed by atoms with Crippen molar-refractivity contribution in [1.29, 1.82) is 0 Å². The summed E-state index contributed by atoms with van der Waals surface area (Å²) in [5, 5.41) is 3.01. The van der Waals surface area contributed by atoms with Gasteiger partial charge >= 0.3 is 0 Å². The third-order valence-corrected chi connectivity index (χ3v) is 4.85. The molecule has 1 saturated carbocycles. The number of aromatic nitrogens is 1. The molecule has 2 rings (SSSR count). The van der Waals surface area contributed by atoms with E-state index in [9.17, 15) is 4.79 Å². The standard InChI is InChI=1S/C16H23BrN2O/c1-2-3-4-12-5-7-13(8-6-12)16(20)19-15-9-10-18-11-14(15)17/h9-13H,2-8H2,1H3,(H,18,19,20). The molecule has 1 aliphatic rings. The lowest BCUT2D eigenvalue weighted by Crippen LogP contribution is -2.27. The van der Waals surface area contributed by atoms with Gasteiger partial charge in [-0.2, -0.15) is 0 Å². The number of rotatable bonds is 5. The first-order chi connectivity index (χ1) is 9.70. The van der Waals surface area contributed by atoms with Crippen molar-refractivity contribution in [2.24, 2.45) is 11.8 Å². The lowest BCUT2D eigenvalue weighted by molar-refractivity contribution is -0.121. The summed E-state index contributed by atoms with van der Waals surface area (Å²) in [6, 6.07) is 1.83. The molecule has 1 N–H and O–H groups in total. The first-order valence-electron chi connectivity index (χ1n) is 7.61. The second-order valence-electron chi connectivity index (χ2n) is 5.70. The highest BCUT2D eigenvalue weighted by Gasteiger charge is 2.26. The summed E-state index contributed by atoms with van der Waals surface area (Å²) in [5.74, 6) is 1.17. The summed E-state index contributed by atoms with van der Waals surface area (Å²) in [4.78, 5) is 16.3. The molecule has 1 heterocycles. The molecular weight excluding hydrogens is 316 g/mol. The van der Waals surface area contributed by atoms with Gasteiger partial charge in [0.1, 0.15) is 0 Å². The smallest absolute Gasteiger partial charge is 0.227 e. The molecule has 0 bridgehead atoms. The van der Waals surface area contributed by atoms with Crippen LogP contribution in [0.15, 0.2) is 22.9 Å². The quantitative estimate of drug-likeness (QED) is 0.839. The van der Waals surface area contributed by atoms with E-state index in [2.05, 4.69) is 33.2 Å². The van der Waals surface area contributed by atoms with Gasteiger partial charge in [-0.15, -0.1) is 0 Å². The van der Waals surface area contributed by atoms with Gasteiger partial charge in [0.15, 0.2) is 0 Å². The van der Waals surface area contributed by atoms with E-state index < -0.39 is 0 Å². The predicted molar refractivity (Wildman–Crippen MR) is 85.5 cm³/mol. The third-order valence-electron chi connectivity index (χ3n) is 4.21. The lowest BCUT2D eigenvalue weighted by atomic mass is 9.79. The maximum absolute atomic E-state index is 12.3. The molecule has 0 aliphatic heterocycles. The topological polar surface area (TPSA) is 42.0 Å². The van der Waals surface area contributed by atoms with E-state index in [0.717, 1.165) is 28.9 Å². The van der Waals surface area contributed by atoms with Crippen molar-refractivity contribution >= 4 is 27.5 Å². The van der Waals surface area contributed by atoms with E-state index in [1.807, 2.05) is 6.07 Å². The Morgan fingerprint density at radius 2 is 2.15 bits per heavy atom. The van der Waals surface area contributed by atoms with Crippen molar-refractivity contribution in [3.05, 3.63) is 22.9 Å². The van der Waals surface area contributed by atoms with E-state index in [4.69, 9.17) is 0 Å². The maximum Gasteiger partial charge on any atom is 0.227 e. The van der Waals surface area contributed by atoms with Crippen LogP contribution in [0.5, 0.6) is 0 Å². The molecule has 110 valence electrons. The monoisotopic (exact) mass is 338 g/mol. The fourth-order valence-electron chi connectivity index (χ4n) is 2.92. The van der Waals surface area contributed by atoms with Gasteiger partial charge in [-0.25, -0.2) is 0 Å². The van der Waals surface area contributed by atoms with Crippen LogP contribution >= 0.6 is 15.9 Å². The number of carbonyl (C=O) groups excluding carboxylic acids is 1.